The number of benzene rings is 1. The standard InChI is InChI=1S/C15H17N5O/c1-10-6-11-4-2-3-5-13(11)20(9-10)15(21)12-7-17-8-14(18-12)19-16/h2-5,7-8,10H,6,9,16H2,1H3,(H,18,19). The third kappa shape index (κ3) is 2.57. The van der Waals surface area contributed by atoms with E-state index in [9.17, 15) is 4.79 Å². The van der Waals surface area contributed by atoms with Gasteiger partial charge in [0.2, 0.25) is 0 Å². The van der Waals surface area contributed by atoms with Crippen molar-refractivity contribution in [2.45, 2.75) is 13.3 Å². The lowest BCUT2D eigenvalue weighted by atomic mass is 9.94. The van der Waals surface area contributed by atoms with Crippen molar-refractivity contribution in [3.05, 3.63) is 47.9 Å². The summed E-state index contributed by atoms with van der Waals surface area (Å²) in [5, 5.41) is 0. The maximum absolute atomic E-state index is 12.7. The molecule has 0 bridgehead atoms. The third-order valence-corrected chi connectivity index (χ3v) is 3.59. The molecule has 1 aliphatic rings. The molecule has 0 radical (unpaired) electrons. The molecule has 0 saturated carbocycles. The van der Waals surface area contributed by atoms with Crippen LogP contribution in [-0.2, 0) is 6.42 Å². The van der Waals surface area contributed by atoms with E-state index in [1.807, 2.05) is 18.2 Å². The van der Waals surface area contributed by atoms with Crippen LogP contribution in [-0.4, -0.2) is 22.4 Å². The van der Waals surface area contributed by atoms with Crippen LogP contribution in [0, 0.1) is 5.92 Å². The lowest BCUT2D eigenvalue weighted by Gasteiger charge is -2.32. The van der Waals surface area contributed by atoms with E-state index in [-0.39, 0.29) is 11.6 Å². The van der Waals surface area contributed by atoms with E-state index in [1.165, 1.54) is 18.0 Å². The van der Waals surface area contributed by atoms with Crippen molar-refractivity contribution >= 4 is 17.4 Å². The van der Waals surface area contributed by atoms with Crippen molar-refractivity contribution in [1.29, 1.82) is 0 Å². The number of amides is 1. The average Bonchev–Trinajstić information content (AvgIpc) is 2.53. The predicted octanol–water partition coefficient (Wildman–Crippen LogP) is 1.60. The van der Waals surface area contributed by atoms with E-state index in [2.05, 4.69) is 28.4 Å². The number of carbonyl (C=O) groups is 1. The monoisotopic (exact) mass is 283 g/mol. The van der Waals surface area contributed by atoms with Gasteiger partial charge in [0.25, 0.3) is 5.91 Å². The number of nitrogens with zero attached hydrogens (tertiary/aromatic N) is 3. The van der Waals surface area contributed by atoms with Gasteiger partial charge in [-0.2, -0.15) is 0 Å². The number of nitrogen functional groups attached to an aromatic ring is 1. The number of rotatable bonds is 2. The summed E-state index contributed by atoms with van der Waals surface area (Å²) in [6, 6.07) is 7.98. The topological polar surface area (TPSA) is 84.1 Å². The first kappa shape index (κ1) is 13.5. The molecule has 108 valence electrons. The zero-order valence-corrected chi connectivity index (χ0v) is 11.8. The van der Waals surface area contributed by atoms with Crippen molar-refractivity contribution in [1.82, 2.24) is 9.97 Å². The lowest BCUT2D eigenvalue weighted by Crippen LogP contribution is -2.39. The Kier molecular flexibility index (Phi) is 3.53. The molecule has 3 rings (SSSR count). The normalized spacial score (nSPS) is 17.2. The maximum Gasteiger partial charge on any atom is 0.278 e. The van der Waals surface area contributed by atoms with Gasteiger partial charge in [0.05, 0.1) is 12.4 Å². The Labute approximate surface area is 123 Å². The van der Waals surface area contributed by atoms with E-state index < -0.39 is 0 Å². The number of nitrogens with two attached hydrogens (primary N) is 1. The number of aromatic nitrogens is 2. The van der Waals surface area contributed by atoms with E-state index in [0.29, 0.717) is 18.3 Å². The SMILES string of the molecule is CC1Cc2ccccc2N(C(=O)c2cncc(NN)n2)C1. The van der Waals surface area contributed by atoms with Crippen LogP contribution >= 0.6 is 0 Å². The summed E-state index contributed by atoms with van der Waals surface area (Å²) in [6.45, 7) is 2.82. The Morgan fingerprint density at radius 2 is 2.19 bits per heavy atom. The van der Waals surface area contributed by atoms with Crippen molar-refractivity contribution in [2.75, 3.05) is 16.9 Å². The number of carbonyl (C=O) groups excluding carboxylic acids is 1. The van der Waals surface area contributed by atoms with Crippen LogP contribution in [0.4, 0.5) is 11.5 Å². The second kappa shape index (κ2) is 5.49. The summed E-state index contributed by atoms with van der Waals surface area (Å²) in [4.78, 5) is 22.7. The minimum absolute atomic E-state index is 0.154. The highest BCUT2D eigenvalue weighted by Gasteiger charge is 2.27. The van der Waals surface area contributed by atoms with Gasteiger partial charge in [-0.25, -0.2) is 10.8 Å². The van der Waals surface area contributed by atoms with Crippen LogP contribution in [0.5, 0.6) is 0 Å². The molecule has 1 aromatic carbocycles. The molecule has 21 heavy (non-hydrogen) atoms. The Morgan fingerprint density at radius 3 is 3.00 bits per heavy atom. The van der Waals surface area contributed by atoms with E-state index >= 15 is 0 Å². The molecule has 0 spiro atoms. The van der Waals surface area contributed by atoms with Gasteiger partial charge in [-0.3, -0.25) is 9.78 Å². The summed E-state index contributed by atoms with van der Waals surface area (Å²) in [5.74, 6) is 5.95. The molecule has 6 heteroatoms. The quantitative estimate of drug-likeness (QED) is 0.646. The second-order valence-corrected chi connectivity index (χ2v) is 5.29. The highest BCUT2D eigenvalue weighted by atomic mass is 16.2. The molecule has 1 aliphatic heterocycles. The van der Waals surface area contributed by atoms with Crippen molar-refractivity contribution in [3.63, 3.8) is 0 Å². The first-order valence-corrected chi connectivity index (χ1v) is 6.87. The van der Waals surface area contributed by atoms with Crippen LogP contribution in [0.2, 0.25) is 0 Å². The fourth-order valence-corrected chi connectivity index (χ4v) is 2.67. The number of anilines is 2. The van der Waals surface area contributed by atoms with Gasteiger partial charge < -0.3 is 10.3 Å². The van der Waals surface area contributed by atoms with E-state index in [1.54, 1.807) is 4.90 Å². The number of hydrazine groups is 1. The predicted molar refractivity (Wildman–Crippen MR) is 80.8 cm³/mol. The van der Waals surface area contributed by atoms with Gasteiger partial charge in [0.15, 0.2) is 5.82 Å². The van der Waals surface area contributed by atoms with Gasteiger partial charge in [0.1, 0.15) is 5.69 Å². The smallest absolute Gasteiger partial charge is 0.278 e. The highest BCUT2D eigenvalue weighted by Crippen LogP contribution is 2.30. The molecular weight excluding hydrogens is 266 g/mol. The third-order valence-electron chi connectivity index (χ3n) is 3.59. The molecule has 0 aliphatic carbocycles. The minimum Gasteiger partial charge on any atom is -0.307 e. The van der Waals surface area contributed by atoms with Gasteiger partial charge in [-0.15, -0.1) is 0 Å². The number of hydrogen-bond acceptors (Lipinski definition) is 5. The maximum atomic E-state index is 12.7. The Balaban J connectivity index is 1.97. The van der Waals surface area contributed by atoms with Crippen LogP contribution < -0.4 is 16.2 Å². The molecule has 1 amide bonds. The summed E-state index contributed by atoms with van der Waals surface area (Å²) in [6.07, 6.45) is 3.92. The van der Waals surface area contributed by atoms with Gasteiger partial charge >= 0.3 is 0 Å². The number of fused-ring (bicyclic) bond motifs is 1. The Bertz CT molecular complexity index is 673. The zero-order valence-electron chi connectivity index (χ0n) is 11.8. The van der Waals surface area contributed by atoms with E-state index in [4.69, 9.17) is 5.84 Å². The summed E-state index contributed by atoms with van der Waals surface area (Å²) in [7, 11) is 0. The lowest BCUT2D eigenvalue weighted by molar-refractivity contribution is 0.0976. The largest absolute Gasteiger partial charge is 0.307 e. The number of para-hydroxylation sites is 1. The fraction of sp³-hybridized carbons (Fsp3) is 0.267. The molecule has 1 aromatic heterocycles. The fourth-order valence-electron chi connectivity index (χ4n) is 2.67. The molecule has 6 nitrogen and oxygen atoms in total. The Hall–Kier alpha value is -2.47. The molecule has 0 saturated heterocycles. The molecule has 0 fully saturated rings. The van der Waals surface area contributed by atoms with E-state index in [0.717, 1.165) is 12.1 Å². The number of hydrogen-bond donors (Lipinski definition) is 2. The van der Waals surface area contributed by atoms with Crippen molar-refractivity contribution in [2.24, 2.45) is 11.8 Å². The summed E-state index contributed by atoms with van der Waals surface area (Å²) < 4.78 is 0. The Morgan fingerprint density at radius 1 is 1.38 bits per heavy atom. The zero-order chi connectivity index (χ0) is 14.8. The summed E-state index contributed by atoms with van der Waals surface area (Å²) >= 11 is 0. The minimum atomic E-state index is -0.154. The van der Waals surface area contributed by atoms with Crippen molar-refractivity contribution < 1.29 is 4.79 Å². The second-order valence-electron chi connectivity index (χ2n) is 5.29. The summed E-state index contributed by atoms with van der Waals surface area (Å²) in [5.41, 5.74) is 4.83. The molecule has 1 atom stereocenters. The van der Waals surface area contributed by atoms with Gasteiger partial charge in [-0.1, -0.05) is 25.1 Å². The van der Waals surface area contributed by atoms with Crippen LogP contribution in [0.15, 0.2) is 36.7 Å². The van der Waals surface area contributed by atoms with Crippen LogP contribution in [0.3, 0.4) is 0 Å². The van der Waals surface area contributed by atoms with Gasteiger partial charge in [0, 0.05) is 12.2 Å². The van der Waals surface area contributed by atoms with Crippen LogP contribution in [0.25, 0.3) is 0 Å². The first-order chi connectivity index (χ1) is 10.2. The molecule has 2 heterocycles. The highest BCUT2D eigenvalue weighted by molar-refractivity contribution is 6.05. The van der Waals surface area contributed by atoms with Gasteiger partial charge in [-0.05, 0) is 24.0 Å². The molecule has 3 N–H and O–H groups in total. The number of nitrogens with one attached hydrogen (secondary N) is 1. The van der Waals surface area contributed by atoms with Crippen LogP contribution in [0.1, 0.15) is 23.0 Å². The van der Waals surface area contributed by atoms with Crippen molar-refractivity contribution in [3.8, 4) is 0 Å². The first-order valence-electron chi connectivity index (χ1n) is 6.87. The molecule has 2 aromatic rings. The molecular formula is C15H17N5O. The molecule has 1 unspecified atom stereocenters. The average molecular weight is 283 g/mol.